The van der Waals surface area contributed by atoms with E-state index in [9.17, 15) is 4.79 Å². The first-order valence-electron chi connectivity index (χ1n) is 10.3. The van der Waals surface area contributed by atoms with Crippen molar-refractivity contribution in [3.63, 3.8) is 0 Å². The Morgan fingerprint density at radius 3 is 2.31 bits per heavy atom. The SMILES string of the molecule is CC(C)(C)OC(=O)[C@@H]1CCON1[C@H]1O[C@H](C2COC(C)(C)O2)[C@@H]2OC(C)(C)O[C@@H]21. The van der Waals surface area contributed by atoms with E-state index >= 15 is 0 Å². The molecule has 0 aromatic carbocycles. The fraction of sp³-hybridized carbons (Fsp3) is 0.950. The summed E-state index contributed by atoms with van der Waals surface area (Å²) in [4.78, 5) is 18.6. The number of carbonyl (C=O) groups is 1. The molecule has 0 aliphatic carbocycles. The molecule has 4 aliphatic heterocycles. The summed E-state index contributed by atoms with van der Waals surface area (Å²) in [6.07, 6.45) is -1.58. The van der Waals surface area contributed by atoms with E-state index in [0.717, 1.165) is 0 Å². The zero-order valence-electron chi connectivity index (χ0n) is 18.3. The monoisotopic (exact) mass is 415 g/mol. The molecule has 4 saturated heterocycles. The van der Waals surface area contributed by atoms with Crippen molar-refractivity contribution in [1.82, 2.24) is 5.06 Å². The lowest BCUT2D eigenvalue weighted by atomic mass is 10.1. The van der Waals surface area contributed by atoms with E-state index in [0.29, 0.717) is 19.6 Å². The number of hydroxylamine groups is 2. The van der Waals surface area contributed by atoms with Gasteiger partial charge in [0.15, 0.2) is 17.8 Å². The van der Waals surface area contributed by atoms with Gasteiger partial charge in [-0.1, -0.05) is 0 Å². The van der Waals surface area contributed by atoms with Gasteiger partial charge in [-0.2, -0.15) is 0 Å². The Balaban J connectivity index is 1.54. The van der Waals surface area contributed by atoms with Crippen LogP contribution >= 0.6 is 0 Å². The molecule has 0 N–H and O–H groups in total. The van der Waals surface area contributed by atoms with Crippen LogP contribution in [0.1, 0.15) is 54.9 Å². The van der Waals surface area contributed by atoms with Crippen molar-refractivity contribution >= 4 is 5.97 Å². The van der Waals surface area contributed by atoms with Crippen molar-refractivity contribution < 1.29 is 38.1 Å². The Hall–Kier alpha value is -0.810. The minimum atomic E-state index is -0.772. The van der Waals surface area contributed by atoms with Crippen LogP contribution in [-0.4, -0.2) is 78.1 Å². The normalized spacial score (nSPS) is 41.6. The van der Waals surface area contributed by atoms with E-state index < -0.39 is 41.7 Å². The lowest BCUT2D eigenvalue weighted by Crippen LogP contribution is -2.50. The Labute approximate surface area is 171 Å². The minimum Gasteiger partial charge on any atom is -0.459 e. The second-order valence-corrected chi connectivity index (χ2v) is 9.95. The molecule has 0 spiro atoms. The molecule has 9 heteroatoms. The fourth-order valence-electron chi connectivity index (χ4n) is 4.32. The average molecular weight is 415 g/mol. The molecule has 4 aliphatic rings. The summed E-state index contributed by atoms with van der Waals surface area (Å²) in [5, 5.41) is 1.58. The first-order valence-corrected chi connectivity index (χ1v) is 10.3. The van der Waals surface area contributed by atoms with Crippen molar-refractivity contribution in [2.75, 3.05) is 13.2 Å². The number of hydrogen-bond donors (Lipinski definition) is 0. The minimum absolute atomic E-state index is 0.303. The predicted molar refractivity (Wildman–Crippen MR) is 99.4 cm³/mol. The highest BCUT2D eigenvalue weighted by atomic mass is 16.8. The van der Waals surface area contributed by atoms with Gasteiger partial charge in [-0.25, -0.2) is 0 Å². The highest BCUT2D eigenvalue weighted by molar-refractivity contribution is 5.76. The molecule has 1 unspecified atom stereocenters. The van der Waals surface area contributed by atoms with Crippen LogP contribution < -0.4 is 0 Å². The molecule has 166 valence electrons. The fourth-order valence-corrected chi connectivity index (χ4v) is 4.32. The molecule has 0 aromatic heterocycles. The Kier molecular flexibility index (Phi) is 5.26. The molecule has 9 nitrogen and oxygen atoms in total. The third-order valence-electron chi connectivity index (χ3n) is 5.33. The standard InChI is InChI=1S/C20H33NO8/c1-18(2,3)29-17(22)11-8-9-24-21(11)16-15-14(27-20(6,7)28-15)13(25-16)12-10-23-19(4,5)26-12/h11-16H,8-10H2,1-7H3/t11-,12?,13+,14-,15-,16-/m0/s1. The zero-order chi connectivity index (χ0) is 21.2. The summed E-state index contributed by atoms with van der Waals surface area (Å²) < 4.78 is 36.0. The van der Waals surface area contributed by atoms with E-state index in [1.54, 1.807) is 5.06 Å². The number of fused-ring (bicyclic) bond motifs is 1. The maximum atomic E-state index is 12.8. The van der Waals surface area contributed by atoms with E-state index in [4.69, 9.17) is 33.3 Å². The molecule has 0 aromatic rings. The van der Waals surface area contributed by atoms with Crippen LogP contribution in [0.15, 0.2) is 0 Å². The van der Waals surface area contributed by atoms with Crippen LogP contribution in [0.3, 0.4) is 0 Å². The Morgan fingerprint density at radius 2 is 1.69 bits per heavy atom. The number of rotatable bonds is 3. The van der Waals surface area contributed by atoms with Gasteiger partial charge in [-0.05, 0) is 48.5 Å². The summed E-state index contributed by atoms with van der Waals surface area (Å²) in [5.74, 6) is -1.79. The second kappa shape index (κ2) is 7.12. The second-order valence-electron chi connectivity index (χ2n) is 9.95. The average Bonchev–Trinajstić information content (AvgIpc) is 3.27. The number of nitrogens with zero attached hydrogens (tertiary/aromatic N) is 1. The summed E-state index contributed by atoms with van der Waals surface area (Å²) in [5.41, 5.74) is -0.581. The number of carbonyl (C=O) groups excluding carboxylic acids is 1. The van der Waals surface area contributed by atoms with Crippen LogP contribution in [0.4, 0.5) is 0 Å². The van der Waals surface area contributed by atoms with Gasteiger partial charge in [-0.3, -0.25) is 9.63 Å². The summed E-state index contributed by atoms with van der Waals surface area (Å²) in [6.45, 7) is 13.8. The van der Waals surface area contributed by atoms with Crippen LogP contribution in [0.2, 0.25) is 0 Å². The summed E-state index contributed by atoms with van der Waals surface area (Å²) in [7, 11) is 0. The highest BCUT2D eigenvalue weighted by Crippen LogP contribution is 2.44. The van der Waals surface area contributed by atoms with Crippen molar-refractivity contribution in [3.8, 4) is 0 Å². The number of esters is 1. The number of ether oxygens (including phenoxy) is 6. The van der Waals surface area contributed by atoms with Crippen molar-refractivity contribution in [2.24, 2.45) is 0 Å². The molecular formula is C20H33NO8. The van der Waals surface area contributed by atoms with Gasteiger partial charge in [0.2, 0.25) is 0 Å². The van der Waals surface area contributed by atoms with Gasteiger partial charge >= 0.3 is 5.97 Å². The maximum Gasteiger partial charge on any atom is 0.326 e. The molecule has 4 heterocycles. The van der Waals surface area contributed by atoms with E-state index in [1.807, 2.05) is 48.5 Å². The Bertz CT molecular complexity index is 645. The summed E-state index contributed by atoms with van der Waals surface area (Å²) in [6, 6.07) is -0.567. The first kappa shape index (κ1) is 21.4. The third-order valence-corrected chi connectivity index (χ3v) is 5.33. The van der Waals surface area contributed by atoms with Gasteiger partial charge < -0.3 is 28.4 Å². The lowest BCUT2D eigenvalue weighted by molar-refractivity contribution is -0.282. The van der Waals surface area contributed by atoms with Gasteiger partial charge in [-0.15, -0.1) is 5.06 Å². The molecule has 0 saturated carbocycles. The smallest absolute Gasteiger partial charge is 0.326 e. The topological polar surface area (TPSA) is 84.9 Å². The molecule has 29 heavy (non-hydrogen) atoms. The molecule has 6 atom stereocenters. The molecule has 4 fully saturated rings. The van der Waals surface area contributed by atoms with E-state index in [1.165, 1.54) is 0 Å². The van der Waals surface area contributed by atoms with Gasteiger partial charge in [0, 0.05) is 6.42 Å². The summed E-state index contributed by atoms with van der Waals surface area (Å²) >= 11 is 0. The molecule has 0 amide bonds. The van der Waals surface area contributed by atoms with E-state index in [-0.39, 0.29) is 18.2 Å². The number of hydrogen-bond acceptors (Lipinski definition) is 9. The lowest BCUT2D eigenvalue weighted by Gasteiger charge is -2.32. The third kappa shape index (κ3) is 4.32. The van der Waals surface area contributed by atoms with Gasteiger partial charge in [0.05, 0.1) is 13.2 Å². The maximum absolute atomic E-state index is 12.8. The van der Waals surface area contributed by atoms with Gasteiger partial charge in [0.25, 0.3) is 0 Å². The van der Waals surface area contributed by atoms with Crippen LogP contribution in [-0.2, 0) is 38.1 Å². The largest absolute Gasteiger partial charge is 0.459 e. The Morgan fingerprint density at radius 1 is 1.00 bits per heavy atom. The van der Waals surface area contributed by atoms with Crippen molar-refractivity contribution in [1.29, 1.82) is 0 Å². The first-order chi connectivity index (χ1) is 13.4. The zero-order valence-corrected chi connectivity index (χ0v) is 18.3. The van der Waals surface area contributed by atoms with Crippen LogP contribution in [0.25, 0.3) is 0 Å². The molecule has 0 radical (unpaired) electrons. The highest BCUT2D eigenvalue weighted by Gasteiger charge is 2.62. The molecule has 0 bridgehead atoms. The quantitative estimate of drug-likeness (QED) is 0.640. The predicted octanol–water partition coefficient (Wildman–Crippen LogP) is 1.73. The molecule has 4 rings (SSSR count). The van der Waals surface area contributed by atoms with Crippen LogP contribution in [0.5, 0.6) is 0 Å². The van der Waals surface area contributed by atoms with Gasteiger partial charge in [0.1, 0.15) is 36.1 Å². The van der Waals surface area contributed by atoms with Crippen molar-refractivity contribution in [3.05, 3.63) is 0 Å². The van der Waals surface area contributed by atoms with Crippen LogP contribution in [0, 0.1) is 0 Å². The molecular weight excluding hydrogens is 382 g/mol. The van der Waals surface area contributed by atoms with E-state index in [2.05, 4.69) is 0 Å². The van der Waals surface area contributed by atoms with Crippen molar-refractivity contribution in [2.45, 2.75) is 109 Å².